The fourth-order valence-electron chi connectivity index (χ4n) is 2.29. The SMILES string of the molecule is CC[C@@](C)(O)CN(Cc1ccccc1)c1ncc([N+](=O)[O-])cc1Br. The van der Waals surface area contributed by atoms with Gasteiger partial charge in [0.15, 0.2) is 0 Å². The minimum Gasteiger partial charge on any atom is -0.388 e. The third-order valence-corrected chi connectivity index (χ3v) is 4.41. The summed E-state index contributed by atoms with van der Waals surface area (Å²) in [4.78, 5) is 16.6. The molecule has 0 spiro atoms. The van der Waals surface area contributed by atoms with Crippen LogP contribution >= 0.6 is 15.9 Å². The quantitative estimate of drug-likeness (QED) is 0.569. The van der Waals surface area contributed by atoms with E-state index in [1.54, 1.807) is 6.92 Å². The number of hydrogen-bond donors (Lipinski definition) is 1. The molecule has 0 unspecified atom stereocenters. The number of aliphatic hydroxyl groups is 1. The van der Waals surface area contributed by atoms with E-state index in [4.69, 9.17) is 0 Å². The fraction of sp³-hybridized carbons (Fsp3) is 0.353. The van der Waals surface area contributed by atoms with E-state index in [-0.39, 0.29) is 5.69 Å². The highest BCUT2D eigenvalue weighted by Crippen LogP contribution is 2.30. The third kappa shape index (κ3) is 4.75. The predicted octanol–water partition coefficient (Wildman–Crippen LogP) is 3.92. The van der Waals surface area contributed by atoms with Gasteiger partial charge in [0.25, 0.3) is 5.69 Å². The van der Waals surface area contributed by atoms with Crippen molar-refractivity contribution in [3.8, 4) is 0 Å². The molecule has 2 rings (SSSR count). The Balaban J connectivity index is 2.36. The molecule has 1 N–H and O–H groups in total. The molecule has 7 heteroatoms. The smallest absolute Gasteiger partial charge is 0.288 e. The molecule has 0 bridgehead atoms. The van der Waals surface area contributed by atoms with E-state index in [2.05, 4.69) is 20.9 Å². The maximum absolute atomic E-state index is 10.9. The zero-order valence-corrected chi connectivity index (χ0v) is 15.2. The van der Waals surface area contributed by atoms with Crippen LogP contribution in [0, 0.1) is 10.1 Å². The van der Waals surface area contributed by atoms with Crippen LogP contribution in [0.25, 0.3) is 0 Å². The van der Waals surface area contributed by atoms with E-state index in [9.17, 15) is 15.2 Å². The molecule has 0 radical (unpaired) electrons. The first kappa shape index (κ1) is 18.4. The number of nitrogens with zero attached hydrogens (tertiary/aromatic N) is 3. The summed E-state index contributed by atoms with van der Waals surface area (Å²) < 4.78 is 0.527. The Bertz CT molecular complexity index is 707. The molecule has 0 aliphatic heterocycles. The summed E-state index contributed by atoms with van der Waals surface area (Å²) in [7, 11) is 0. The van der Waals surface area contributed by atoms with Crippen molar-refractivity contribution in [3.63, 3.8) is 0 Å². The topological polar surface area (TPSA) is 79.5 Å². The van der Waals surface area contributed by atoms with E-state index < -0.39 is 10.5 Å². The second-order valence-electron chi connectivity index (χ2n) is 5.95. The van der Waals surface area contributed by atoms with Gasteiger partial charge in [-0.1, -0.05) is 37.3 Å². The fourth-order valence-corrected chi connectivity index (χ4v) is 2.87. The van der Waals surface area contributed by atoms with Crippen LogP contribution in [0.2, 0.25) is 0 Å². The predicted molar refractivity (Wildman–Crippen MR) is 97.0 cm³/mol. The Morgan fingerprint density at radius 2 is 2.04 bits per heavy atom. The molecule has 2 aromatic rings. The number of halogens is 1. The maximum Gasteiger partial charge on any atom is 0.288 e. The number of rotatable bonds is 7. The maximum atomic E-state index is 10.9. The lowest BCUT2D eigenvalue weighted by molar-refractivity contribution is -0.385. The average molecular weight is 394 g/mol. The number of benzene rings is 1. The minimum absolute atomic E-state index is 0.0764. The monoisotopic (exact) mass is 393 g/mol. The van der Waals surface area contributed by atoms with Gasteiger partial charge in [0, 0.05) is 19.2 Å². The lowest BCUT2D eigenvalue weighted by Crippen LogP contribution is -2.40. The van der Waals surface area contributed by atoms with Crippen molar-refractivity contribution in [1.29, 1.82) is 0 Å². The highest BCUT2D eigenvalue weighted by atomic mass is 79.9. The Morgan fingerprint density at radius 3 is 2.58 bits per heavy atom. The molecule has 0 aliphatic rings. The second-order valence-corrected chi connectivity index (χ2v) is 6.80. The summed E-state index contributed by atoms with van der Waals surface area (Å²) in [5.41, 5.74) is 0.0986. The Morgan fingerprint density at radius 1 is 1.38 bits per heavy atom. The standard InChI is InChI=1S/C17H20BrN3O3/c1-3-17(2,22)12-20(11-13-7-5-4-6-8-13)16-15(18)9-14(10-19-16)21(23)24/h4-10,22H,3,11-12H2,1-2H3/t17-/m1/s1. The van der Waals surface area contributed by atoms with Crippen LogP contribution in [0.1, 0.15) is 25.8 Å². The summed E-state index contributed by atoms with van der Waals surface area (Å²) in [6.07, 6.45) is 1.82. The number of hydrogen-bond acceptors (Lipinski definition) is 5. The molecule has 0 amide bonds. The van der Waals surface area contributed by atoms with Gasteiger partial charge in [0.1, 0.15) is 12.0 Å². The third-order valence-electron chi connectivity index (χ3n) is 3.83. The van der Waals surface area contributed by atoms with Crippen LogP contribution in [-0.4, -0.2) is 27.2 Å². The summed E-state index contributed by atoms with van der Waals surface area (Å²) in [5.74, 6) is 0.568. The van der Waals surface area contributed by atoms with E-state index in [0.29, 0.717) is 29.8 Å². The summed E-state index contributed by atoms with van der Waals surface area (Å²) in [6, 6.07) is 11.3. The van der Waals surface area contributed by atoms with Gasteiger partial charge < -0.3 is 10.0 Å². The van der Waals surface area contributed by atoms with Gasteiger partial charge in [-0.3, -0.25) is 10.1 Å². The Hall–Kier alpha value is -1.99. The van der Waals surface area contributed by atoms with Gasteiger partial charge >= 0.3 is 0 Å². The van der Waals surface area contributed by atoms with Crippen molar-refractivity contribution >= 4 is 27.4 Å². The molecular formula is C17H20BrN3O3. The molecule has 1 heterocycles. The number of anilines is 1. The second kappa shape index (κ2) is 7.72. The molecule has 1 aromatic carbocycles. The number of nitro groups is 1. The van der Waals surface area contributed by atoms with E-state index >= 15 is 0 Å². The van der Waals surface area contributed by atoms with Crippen LogP contribution < -0.4 is 4.90 Å². The molecule has 6 nitrogen and oxygen atoms in total. The average Bonchev–Trinajstić information content (AvgIpc) is 2.55. The number of aromatic nitrogens is 1. The van der Waals surface area contributed by atoms with E-state index in [1.165, 1.54) is 12.3 Å². The zero-order valence-electron chi connectivity index (χ0n) is 13.6. The van der Waals surface area contributed by atoms with Crippen molar-refractivity contribution in [2.75, 3.05) is 11.4 Å². The van der Waals surface area contributed by atoms with Gasteiger partial charge in [-0.25, -0.2) is 4.98 Å². The van der Waals surface area contributed by atoms with Crippen LogP contribution in [0.15, 0.2) is 47.1 Å². The molecule has 24 heavy (non-hydrogen) atoms. The molecule has 1 atom stereocenters. The van der Waals surface area contributed by atoms with Crippen molar-refractivity contribution in [1.82, 2.24) is 4.98 Å². The van der Waals surface area contributed by atoms with Crippen molar-refractivity contribution in [2.24, 2.45) is 0 Å². The van der Waals surface area contributed by atoms with Crippen LogP contribution in [0.5, 0.6) is 0 Å². The Kier molecular flexibility index (Phi) is 5.90. The Labute approximate surface area is 149 Å². The van der Waals surface area contributed by atoms with Crippen molar-refractivity contribution in [2.45, 2.75) is 32.4 Å². The van der Waals surface area contributed by atoms with Gasteiger partial charge in [-0.2, -0.15) is 0 Å². The lowest BCUT2D eigenvalue weighted by atomic mass is 10.0. The lowest BCUT2D eigenvalue weighted by Gasteiger charge is -2.32. The van der Waals surface area contributed by atoms with Crippen molar-refractivity contribution < 1.29 is 10.0 Å². The summed E-state index contributed by atoms with van der Waals surface area (Å²) in [6.45, 7) is 4.59. The largest absolute Gasteiger partial charge is 0.388 e. The highest BCUT2D eigenvalue weighted by Gasteiger charge is 2.25. The first-order valence-corrected chi connectivity index (χ1v) is 8.43. The van der Waals surface area contributed by atoms with E-state index in [1.807, 2.05) is 42.2 Å². The minimum atomic E-state index is -0.891. The summed E-state index contributed by atoms with van der Waals surface area (Å²) >= 11 is 3.37. The molecule has 0 saturated carbocycles. The molecule has 0 fully saturated rings. The normalized spacial score (nSPS) is 13.3. The first-order valence-electron chi connectivity index (χ1n) is 7.63. The molecule has 1 aromatic heterocycles. The van der Waals surface area contributed by atoms with Crippen LogP contribution in [-0.2, 0) is 6.54 Å². The van der Waals surface area contributed by atoms with Gasteiger partial charge in [-0.15, -0.1) is 0 Å². The highest BCUT2D eigenvalue weighted by molar-refractivity contribution is 9.10. The molecule has 0 saturated heterocycles. The first-order chi connectivity index (χ1) is 11.3. The van der Waals surface area contributed by atoms with Gasteiger partial charge in [-0.05, 0) is 34.8 Å². The molecular weight excluding hydrogens is 374 g/mol. The zero-order chi connectivity index (χ0) is 17.7. The van der Waals surface area contributed by atoms with Crippen LogP contribution in [0.3, 0.4) is 0 Å². The van der Waals surface area contributed by atoms with Crippen molar-refractivity contribution in [3.05, 3.63) is 62.7 Å². The summed E-state index contributed by atoms with van der Waals surface area (Å²) in [5, 5.41) is 21.4. The van der Waals surface area contributed by atoms with Gasteiger partial charge in [0.05, 0.1) is 15.0 Å². The van der Waals surface area contributed by atoms with Gasteiger partial charge in [0.2, 0.25) is 0 Å². The molecule has 128 valence electrons. The van der Waals surface area contributed by atoms with E-state index in [0.717, 1.165) is 5.56 Å². The molecule has 0 aliphatic carbocycles. The van der Waals surface area contributed by atoms with Crippen LogP contribution in [0.4, 0.5) is 11.5 Å². The number of pyridine rings is 1.